The van der Waals surface area contributed by atoms with Gasteiger partial charge in [0.2, 0.25) is 9.97 Å². The normalized spacial score (nSPS) is 12.3. The lowest BCUT2D eigenvalue weighted by atomic mass is 10.1. The highest BCUT2D eigenvalue weighted by molar-refractivity contribution is 7.18. The Labute approximate surface area is 109 Å². The summed E-state index contributed by atoms with van der Waals surface area (Å²) in [4.78, 5) is 12.6. The van der Waals surface area contributed by atoms with Crippen molar-refractivity contribution in [3.63, 3.8) is 0 Å². The molecule has 98 valence electrons. The first kappa shape index (κ1) is 12.9. The molecular formula is C11H17N5OS. The van der Waals surface area contributed by atoms with E-state index in [0.717, 1.165) is 5.82 Å². The number of nitrogens with one attached hydrogen (secondary N) is 1. The van der Waals surface area contributed by atoms with Crippen molar-refractivity contribution in [2.45, 2.75) is 46.1 Å². The molecule has 2 rings (SSSR count). The molecule has 2 aromatic heterocycles. The van der Waals surface area contributed by atoms with Gasteiger partial charge in [0.05, 0.1) is 0 Å². The van der Waals surface area contributed by atoms with E-state index in [2.05, 4.69) is 20.6 Å². The highest BCUT2D eigenvalue weighted by atomic mass is 32.1. The van der Waals surface area contributed by atoms with Gasteiger partial charge >= 0.3 is 0 Å². The molecule has 0 aliphatic heterocycles. The van der Waals surface area contributed by atoms with Crippen LogP contribution in [-0.4, -0.2) is 31.3 Å². The van der Waals surface area contributed by atoms with Gasteiger partial charge in [-0.05, 0) is 20.8 Å². The van der Waals surface area contributed by atoms with Crippen molar-refractivity contribution in [3.05, 3.63) is 10.8 Å². The number of amides is 1. The van der Waals surface area contributed by atoms with Crippen LogP contribution in [0.15, 0.2) is 0 Å². The van der Waals surface area contributed by atoms with E-state index in [0.29, 0.717) is 9.97 Å². The van der Waals surface area contributed by atoms with Gasteiger partial charge in [-0.15, -0.1) is 15.3 Å². The molecule has 0 saturated heterocycles. The second-order valence-corrected chi connectivity index (χ2v) is 6.47. The summed E-state index contributed by atoms with van der Waals surface area (Å²) in [7, 11) is 0. The zero-order chi connectivity index (χ0) is 13.5. The molecule has 7 heteroatoms. The fourth-order valence-corrected chi connectivity index (χ4v) is 2.22. The minimum absolute atomic E-state index is 0.173. The maximum Gasteiger partial charge on any atom is 0.282 e. The Bertz CT molecular complexity index is 578. The molecule has 0 aliphatic carbocycles. The predicted octanol–water partition coefficient (Wildman–Crippen LogP) is 1.84. The Morgan fingerprint density at radius 2 is 2.00 bits per heavy atom. The molecule has 0 spiro atoms. The van der Waals surface area contributed by atoms with Crippen LogP contribution in [0.1, 0.15) is 56.2 Å². The summed E-state index contributed by atoms with van der Waals surface area (Å²) in [5.74, 6) is 0.824. The van der Waals surface area contributed by atoms with Crippen molar-refractivity contribution in [2.75, 3.05) is 0 Å². The van der Waals surface area contributed by atoms with E-state index < -0.39 is 0 Å². The molecule has 0 unspecified atom stereocenters. The number of nitrogens with zero attached hydrogens (tertiary/aromatic N) is 4. The van der Waals surface area contributed by atoms with Crippen molar-refractivity contribution in [1.29, 1.82) is 0 Å². The number of fused-ring (bicyclic) bond motifs is 1. The number of hydrogen-bond acceptors (Lipinski definition) is 5. The quantitative estimate of drug-likeness (QED) is 0.901. The summed E-state index contributed by atoms with van der Waals surface area (Å²) in [6.45, 7) is 9.84. The van der Waals surface area contributed by atoms with E-state index in [1.54, 1.807) is 4.52 Å². The van der Waals surface area contributed by atoms with Crippen LogP contribution in [-0.2, 0) is 0 Å². The molecule has 0 radical (unpaired) electrons. The minimum atomic E-state index is -0.274. The first-order chi connectivity index (χ1) is 8.28. The average molecular weight is 267 g/mol. The van der Waals surface area contributed by atoms with Gasteiger partial charge in [0.25, 0.3) is 5.91 Å². The first-order valence-corrected chi connectivity index (χ1v) is 6.64. The highest BCUT2D eigenvalue weighted by Gasteiger charge is 2.21. The van der Waals surface area contributed by atoms with Crippen molar-refractivity contribution in [1.82, 2.24) is 25.1 Å². The van der Waals surface area contributed by atoms with Crippen molar-refractivity contribution < 1.29 is 4.79 Å². The summed E-state index contributed by atoms with van der Waals surface area (Å²) in [5.41, 5.74) is -0.274. The fraction of sp³-hybridized carbons (Fsp3) is 0.636. The fourth-order valence-electron chi connectivity index (χ4n) is 1.48. The third-order valence-electron chi connectivity index (χ3n) is 2.21. The molecule has 1 amide bonds. The molecule has 0 atom stereocenters. The number of rotatable bonds is 2. The van der Waals surface area contributed by atoms with E-state index in [9.17, 15) is 4.79 Å². The van der Waals surface area contributed by atoms with E-state index >= 15 is 0 Å². The van der Waals surface area contributed by atoms with Gasteiger partial charge in [0, 0.05) is 11.5 Å². The van der Waals surface area contributed by atoms with E-state index in [4.69, 9.17) is 0 Å². The largest absolute Gasteiger partial charge is 0.345 e. The molecule has 1 N–H and O–H groups in total. The van der Waals surface area contributed by atoms with Gasteiger partial charge in [0.15, 0.2) is 5.82 Å². The summed E-state index contributed by atoms with van der Waals surface area (Å²) >= 11 is 1.25. The maximum absolute atomic E-state index is 12.0. The molecule has 2 aromatic rings. The van der Waals surface area contributed by atoms with E-state index in [-0.39, 0.29) is 17.4 Å². The van der Waals surface area contributed by atoms with Gasteiger partial charge in [-0.3, -0.25) is 4.79 Å². The molecule has 6 nitrogen and oxygen atoms in total. The molecule has 0 bridgehead atoms. The third kappa shape index (κ3) is 2.50. The second kappa shape index (κ2) is 4.31. The second-order valence-electron chi connectivity index (χ2n) is 5.52. The Morgan fingerprint density at radius 1 is 1.33 bits per heavy atom. The lowest BCUT2D eigenvalue weighted by Crippen LogP contribution is -2.40. The van der Waals surface area contributed by atoms with Crippen molar-refractivity contribution in [3.8, 4) is 0 Å². The van der Waals surface area contributed by atoms with Crippen molar-refractivity contribution >= 4 is 22.2 Å². The van der Waals surface area contributed by atoms with Gasteiger partial charge in [-0.2, -0.15) is 4.52 Å². The molecule has 2 heterocycles. The number of hydrogen-bond donors (Lipinski definition) is 1. The molecular weight excluding hydrogens is 250 g/mol. The first-order valence-electron chi connectivity index (χ1n) is 5.82. The zero-order valence-corrected chi connectivity index (χ0v) is 12.0. The van der Waals surface area contributed by atoms with Gasteiger partial charge in [0.1, 0.15) is 0 Å². The maximum atomic E-state index is 12.0. The van der Waals surface area contributed by atoms with Crippen LogP contribution in [0.5, 0.6) is 0 Å². The monoisotopic (exact) mass is 267 g/mol. The van der Waals surface area contributed by atoms with Gasteiger partial charge < -0.3 is 5.32 Å². The van der Waals surface area contributed by atoms with Crippen LogP contribution in [0.25, 0.3) is 4.96 Å². The summed E-state index contributed by atoms with van der Waals surface area (Å²) in [5, 5.41) is 15.7. The van der Waals surface area contributed by atoms with E-state index in [1.807, 2.05) is 34.6 Å². The lowest BCUT2D eigenvalue weighted by Gasteiger charge is -2.19. The Balaban J connectivity index is 2.33. The van der Waals surface area contributed by atoms with Crippen molar-refractivity contribution in [2.24, 2.45) is 0 Å². The van der Waals surface area contributed by atoms with Crippen LogP contribution in [0.3, 0.4) is 0 Å². The predicted molar refractivity (Wildman–Crippen MR) is 70.0 cm³/mol. The lowest BCUT2D eigenvalue weighted by molar-refractivity contribution is 0.0918. The molecule has 0 saturated carbocycles. The smallest absolute Gasteiger partial charge is 0.282 e. The van der Waals surface area contributed by atoms with Crippen LogP contribution in [0.2, 0.25) is 0 Å². The molecule has 18 heavy (non-hydrogen) atoms. The van der Waals surface area contributed by atoms with Gasteiger partial charge in [-0.1, -0.05) is 25.2 Å². The van der Waals surface area contributed by atoms with Crippen LogP contribution < -0.4 is 5.32 Å². The Kier molecular flexibility index (Phi) is 3.10. The van der Waals surface area contributed by atoms with E-state index in [1.165, 1.54) is 11.3 Å². The van der Waals surface area contributed by atoms with Gasteiger partial charge in [-0.25, -0.2) is 0 Å². The number of carbonyl (C=O) groups is 1. The standard InChI is InChI=1S/C11H17N5OS/c1-6(2)7-13-14-10-16(7)15-9(18-10)8(17)12-11(3,4)5/h6H,1-5H3,(H,12,17). The number of carbonyl (C=O) groups excluding carboxylic acids is 1. The summed E-state index contributed by atoms with van der Waals surface area (Å²) in [6.07, 6.45) is 0. The highest BCUT2D eigenvalue weighted by Crippen LogP contribution is 2.18. The Morgan fingerprint density at radius 3 is 2.56 bits per heavy atom. The summed E-state index contributed by atoms with van der Waals surface area (Å²) < 4.78 is 1.65. The summed E-state index contributed by atoms with van der Waals surface area (Å²) in [6, 6.07) is 0. The topological polar surface area (TPSA) is 72.2 Å². The minimum Gasteiger partial charge on any atom is -0.345 e. The number of aromatic nitrogens is 4. The Hall–Kier alpha value is -1.50. The van der Waals surface area contributed by atoms with Crippen LogP contribution >= 0.6 is 11.3 Å². The molecule has 0 aromatic carbocycles. The third-order valence-corrected chi connectivity index (χ3v) is 3.11. The molecule has 0 fully saturated rings. The van der Waals surface area contributed by atoms with Crippen LogP contribution in [0, 0.1) is 0 Å². The SMILES string of the molecule is CC(C)c1nnc2sc(C(=O)NC(C)(C)C)nn12. The molecule has 0 aliphatic rings. The van der Waals surface area contributed by atoms with Crippen LogP contribution in [0.4, 0.5) is 0 Å². The average Bonchev–Trinajstić information content (AvgIpc) is 2.70. The zero-order valence-electron chi connectivity index (χ0n) is 11.2.